The fourth-order valence-corrected chi connectivity index (χ4v) is 1.60. The van der Waals surface area contributed by atoms with E-state index in [2.05, 4.69) is 20.9 Å². The van der Waals surface area contributed by atoms with Gasteiger partial charge in [0.15, 0.2) is 0 Å². The summed E-state index contributed by atoms with van der Waals surface area (Å²) >= 11 is 9.10. The molecule has 0 aliphatic carbocycles. The zero-order valence-corrected chi connectivity index (χ0v) is 9.06. The summed E-state index contributed by atoms with van der Waals surface area (Å²) in [4.78, 5) is 4.05. The molecule has 0 radical (unpaired) electrons. The Balaban J connectivity index is 3.04. The van der Waals surface area contributed by atoms with Crippen molar-refractivity contribution < 1.29 is 0 Å². The molecule has 2 nitrogen and oxygen atoms in total. The zero-order valence-electron chi connectivity index (χ0n) is 6.72. The lowest BCUT2D eigenvalue weighted by atomic mass is 10.1. The number of hydrogen-bond donors (Lipinski definition) is 1. The Hall–Kier alpha value is -0.120. The van der Waals surface area contributed by atoms with Gasteiger partial charge in [-0.2, -0.15) is 0 Å². The Morgan fingerprint density at radius 2 is 2.42 bits per heavy atom. The van der Waals surface area contributed by atoms with Crippen LogP contribution in [0, 0.1) is 0 Å². The molecule has 0 saturated heterocycles. The van der Waals surface area contributed by atoms with E-state index >= 15 is 0 Å². The van der Waals surface area contributed by atoms with Gasteiger partial charge < -0.3 is 5.73 Å². The first-order chi connectivity index (χ1) is 5.65. The van der Waals surface area contributed by atoms with Gasteiger partial charge in [0, 0.05) is 17.8 Å². The highest BCUT2D eigenvalue weighted by Crippen LogP contribution is 2.24. The quantitative estimate of drug-likeness (QED) is 0.819. The predicted molar refractivity (Wildman–Crippen MR) is 54.2 cm³/mol. The van der Waals surface area contributed by atoms with Crippen LogP contribution in [0.2, 0.25) is 5.02 Å². The van der Waals surface area contributed by atoms with Crippen LogP contribution in [-0.2, 0) is 0 Å². The number of hydrogen-bond acceptors (Lipinski definition) is 2. The van der Waals surface area contributed by atoms with Gasteiger partial charge in [0.2, 0.25) is 0 Å². The predicted octanol–water partition coefficient (Wildman–Crippen LogP) is 2.91. The van der Waals surface area contributed by atoms with Crippen molar-refractivity contribution in [2.45, 2.75) is 19.4 Å². The molecule has 2 N–H and O–H groups in total. The maximum atomic E-state index is 5.84. The first-order valence-corrected chi connectivity index (χ1v) is 4.88. The molecule has 1 atom stereocenters. The summed E-state index contributed by atoms with van der Waals surface area (Å²) in [7, 11) is 0. The lowest BCUT2D eigenvalue weighted by molar-refractivity contribution is 0.691. The van der Waals surface area contributed by atoms with Crippen LogP contribution in [0.5, 0.6) is 0 Å². The Kier molecular flexibility index (Phi) is 3.50. The summed E-state index contributed by atoms with van der Waals surface area (Å²) in [5.74, 6) is 0. The summed E-state index contributed by atoms with van der Waals surface area (Å²) in [5, 5.41) is 0.622. The molecule has 1 aromatic rings. The van der Waals surface area contributed by atoms with Crippen molar-refractivity contribution in [3.63, 3.8) is 0 Å². The van der Waals surface area contributed by atoms with E-state index < -0.39 is 0 Å². The van der Waals surface area contributed by atoms with E-state index in [9.17, 15) is 0 Å². The number of pyridine rings is 1. The second-order valence-corrected chi connectivity index (χ2v) is 3.74. The molecule has 0 saturated carbocycles. The van der Waals surface area contributed by atoms with Gasteiger partial charge in [-0.05, 0) is 28.4 Å². The fourth-order valence-electron chi connectivity index (χ4n) is 0.918. The van der Waals surface area contributed by atoms with Crippen molar-refractivity contribution in [2.75, 3.05) is 0 Å². The van der Waals surface area contributed by atoms with E-state index in [1.54, 1.807) is 6.20 Å². The van der Waals surface area contributed by atoms with Crippen molar-refractivity contribution in [3.05, 3.63) is 27.5 Å². The minimum atomic E-state index is 0.00516. The Labute approximate surface area is 85.3 Å². The molecule has 0 fully saturated rings. The normalized spacial score (nSPS) is 13.0. The molecule has 1 unspecified atom stereocenters. The highest BCUT2D eigenvalue weighted by molar-refractivity contribution is 9.10. The highest BCUT2D eigenvalue weighted by atomic mass is 79.9. The Morgan fingerprint density at radius 3 is 3.00 bits per heavy atom. The average Bonchev–Trinajstić information content (AvgIpc) is 2.08. The topological polar surface area (TPSA) is 38.9 Å². The second kappa shape index (κ2) is 4.21. The van der Waals surface area contributed by atoms with E-state index in [0.717, 1.165) is 16.6 Å². The summed E-state index contributed by atoms with van der Waals surface area (Å²) in [5.41, 5.74) is 6.80. The zero-order chi connectivity index (χ0) is 9.14. The van der Waals surface area contributed by atoms with E-state index in [4.69, 9.17) is 17.3 Å². The second-order valence-electron chi connectivity index (χ2n) is 2.55. The van der Waals surface area contributed by atoms with E-state index in [1.165, 1.54) is 0 Å². The largest absolute Gasteiger partial charge is 0.324 e. The van der Waals surface area contributed by atoms with Gasteiger partial charge in [0.1, 0.15) is 4.60 Å². The standard InChI is InChI=1S/C8H10BrClN2/c1-2-7(11)6-3-5(10)4-12-8(6)9/h3-4,7H,2,11H2,1H3. The Bertz CT molecular complexity index is 278. The average molecular weight is 250 g/mol. The molecule has 12 heavy (non-hydrogen) atoms. The van der Waals surface area contributed by atoms with Gasteiger partial charge in [-0.25, -0.2) is 4.98 Å². The van der Waals surface area contributed by atoms with Crippen LogP contribution < -0.4 is 5.73 Å². The SMILES string of the molecule is CCC(N)c1cc(Cl)cnc1Br. The highest BCUT2D eigenvalue weighted by Gasteiger charge is 2.08. The molecular weight excluding hydrogens is 239 g/mol. The van der Waals surface area contributed by atoms with Crippen molar-refractivity contribution in [3.8, 4) is 0 Å². The van der Waals surface area contributed by atoms with Crippen LogP contribution in [0.4, 0.5) is 0 Å². The van der Waals surface area contributed by atoms with E-state index in [0.29, 0.717) is 5.02 Å². The molecule has 0 aliphatic heterocycles. The van der Waals surface area contributed by atoms with Crippen LogP contribution in [0.3, 0.4) is 0 Å². The number of aromatic nitrogens is 1. The van der Waals surface area contributed by atoms with Gasteiger partial charge in [-0.1, -0.05) is 18.5 Å². The maximum absolute atomic E-state index is 5.84. The number of halogens is 2. The summed E-state index contributed by atoms with van der Waals surface area (Å²) < 4.78 is 0.779. The van der Waals surface area contributed by atoms with Gasteiger partial charge in [-0.3, -0.25) is 0 Å². The third kappa shape index (κ3) is 2.19. The molecule has 66 valence electrons. The molecule has 0 amide bonds. The van der Waals surface area contributed by atoms with Gasteiger partial charge >= 0.3 is 0 Å². The monoisotopic (exact) mass is 248 g/mol. The maximum Gasteiger partial charge on any atom is 0.110 e. The lowest BCUT2D eigenvalue weighted by Crippen LogP contribution is -2.09. The first-order valence-electron chi connectivity index (χ1n) is 3.71. The van der Waals surface area contributed by atoms with Crippen molar-refractivity contribution in [1.82, 2.24) is 4.98 Å². The van der Waals surface area contributed by atoms with Gasteiger partial charge in [0.05, 0.1) is 5.02 Å². The van der Waals surface area contributed by atoms with Crippen LogP contribution in [0.15, 0.2) is 16.9 Å². The molecular formula is C8H10BrClN2. The molecule has 1 rings (SSSR count). The fraction of sp³-hybridized carbons (Fsp3) is 0.375. The molecule has 4 heteroatoms. The first kappa shape index (κ1) is 9.96. The van der Waals surface area contributed by atoms with Crippen molar-refractivity contribution >= 4 is 27.5 Å². The minimum Gasteiger partial charge on any atom is -0.324 e. The van der Waals surface area contributed by atoms with Crippen LogP contribution in [0.1, 0.15) is 24.9 Å². The van der Waals surface area contributed by atoms with Gasteiger partial charge in [0.25, 0.3) is 0 Å². The Morgan fingerprint density at radius 1 is 1.75 bits per heavy atom. The molecule has 0 aromatic carbocycles. The van der Waals surface area contributed by atoms with Crippen molar-refractivity contribution in [1.29, 1.82) is 0 Å². The van der Waals surface area contributed by atoms with Crippen LogP contribution >= 0.6 is 27.5 Å². The number of rotatable bonds is 2. The third-order valence-corrected chi connectivity index (χ3v) is 2.54. The minimum absolute atomic E-state index is 0.00516. The summed E-state index contributed by atoms with van der Waals surface area (Å²) in [6.07, 6.45) is 2.47. The van der Waals surface area contributed by atoms with Gasteiger partial charge in [-0.15, -0.1) is 0 Å². The number of nitrogens with two attached hydrogens (primary N) is 1. The molecule has 0 spiro atoms. The molecule has 1 heterocycles. The molecule has 1 aromatic heterocycles. The third-order valence-electron chi connectivity index (χ3n) is 1.67. The van der Waals surface area contributed by atoms with E-state index in [-0.39, 0.29) is 6.04 Å². The van der Waals surface area contributed by atoms with E-state index in [1.807, 2.05) is 13.0 Å². The molecule has 0 bridgehead atoms. The van der Waals surface area contributed by atoms with Crippen LogP contribution in [0.25, 0.3) is 0 Å². The lowest BCUT2D eigenvalue weighted by Gasteiger charge is -2.10. The summed E-state index contributed by atoms with van der Waals surface area (Å²) in [6, 6.07) is 1.85. The smallest absolute Gasteiger partial charge is 0.110 e. The summed E-state index contributed by atoms with van der Waals surface area (Å²) in [6.45, 7) is 2.03. The number of nitrogens with zero attached hydrogens (tertiary/aromatic N) is 1. The molecule has 0 aliphatic rings. The van der Waals surface area contributed by atoms with Crippen LogP contribution in [-0.4, -0.2) is 4.98 Å². The van der Waals surface area contributed by atoms with Crippen molar-refractivity contribution in [2.24, 2.45) is 5.73 Å².